The van der Waals surface area contributed by atoms with E-state index >= 15 is 0 Å². The third kappa shape index (κ3) is 4.75. The molecule has 1 unspecified atom stereocenters. The van der Waals surface area contributed by atoms with Gasteiger partial charge in [-0.25, -0.2) is 4.98 Å². The summed E-state index contributed by atoms with van der Waals surface area (Å²) >= 11 is 0. The number of aromatic nitrogens is 1. The molecule has 0 amide bonds. The normalized spacial score (nSPS) is 16.1. The maximum Gasteiger partial charge on any atom is 0.119 e. The Labute approximate surface area is 184 Å². The van der Waals surface area contributed by atoms with Gasteiger partial charge in [0.05, 0.1) is 17.3 Å². The number of ether oxygens (including phenoxy) is 2. The summed E-state index contributed by atoms with van der Waals surface area (Å²) in [7, 11) is 7.84. The minimum absolute atomic E-state index is 0.279. The second kappa shape index (κ2) is 9.54. The van der Waals surface area contributed by atoms with Crippen molar-refractivity contribution >= 4 is 22.3 Å². The maximum absolute atomic E-state index is 5.77. The molecule has 2 heterocycles. The lowest BCUT2D eigenvalue weighted by molar-refractivity contribution is 0.121. The van der Waals surface area contributed by atoms with Crippen molar-refractivity contribution in [2.75, 3.05) is 64.3 Å². The van der Waals surface area contributed by atoms with Crippen LogP contribution in [0.5, 0.6) is 5.75 Å². The van der Waals surface area contributed by atoms with Gasteiger partial charge in [-0.15, -0.1) is 0 Å². The molecular weight excluding hydrogens is 388 g/mol. The molecule has 1 aliphatic heterocycles. The van der Waals surface area contributed by atoms with Gasteiger partial charge in [0.2, 0.25) is 0 Å². The Kier molecular flexibility index (Phi) is 6.59. The van der Waals surface area contributed by atoms with Gasteiger partial charge in [-0.05, 0) is 62.0 Å². The Morgan fingerprint density at radius 2 is 1.94 bits per heavy atom. The molecule has 0 aliphatic carbocycles. The minimum Gasteiger partial charge on any atom is -0.492 e. The second-order valence-electron chi connectivity index (χ2n) is 8.19. The average Bonchev–Trinajstić information content (AvgIpc) is 3.28. The van der Waals surface area contributed by atoms with Crippen molar-refractivity contribution in [3.05, 3.63) is 48.5 Å². The van der Waals surface area contributed by atoms with Crippen LogP contribution in [0, 0.1) is 0 Å². The molecule has 31 heavy (non-hydrogen) atoms. The van der Waals surface area contributed by atoms with Gasteiger partial charge in [-0.1, -0.05) is 0 Å². The zero-order valence-corrected chi connectivity index (χ0v) is 18.9. The van der Waals surface area contributed by atoms with Gasteiger partial charge in [-0.3, -0.25) is 0 Å². The molecule has 4 rings (SSSR count). The first-order valence-corrected chi connectivity index (χ1v) is 10.9. The zero-order valence-electron chi connectivity index (χ0n) is 18.9. The second-order valence-corrected chi connectivity index (χ2v) is 8.19. The lowest BCUT2D eigenvalue weighted by atomic mass is 10.1. The number of anilines is 2. The van der Waals surface area contributed by atoms with Gasteiger partial charge in [0.15, 0.2) is 0 Å². The molecule has 164 valence electrons. The van der Waals surface area contributed by atoms with Crippen LogP contribution in [0.1, 0.15) is 6.42 Å². The predicted octanol–water partition coefficient (Wildman–Crippen LogP) is 3.79. The Bertz CT molecular complexity index is 1020. The predicted molar refractivity (Wildman–Crippen MR) is 129 cm³/mol. The molecule has 0 saturated carbocycles. The summed E-state index contributed by atoms with van der Waals surface area (Å²) in [4.78, 5) is 9.56. The van der Waals surface area contributed by atoms with Crippen molar-refractivity contribution in [2.45, 2.75) is 12.5 Å². The SMILES string of the molecule is CNCCOc1ccc(-c2cc(N3CCC(OC)C3)c3ccc(N(C)C)cc3n2)cc1. The van der Waals surface area contributed by atoms with E-state index in [1.807, 2.05) is 19.2 Å². The van der Waals surface area contributed by atoms with E-state index in [4.69, 9.17) is 14.5 Å². The van der Waals surface area contributed by atoms with Gasteiger partial charge in [0.25, 0.3) is 0 Å². The van der Waals surface area contributed by atoms with E-state index < -0.39 is 0 Å². The molecule has 1 atom stereocenters. The fraction of sp³-hybridized carbons (Fsp3) is 0.400. The number of hydrogen-bond acceptors (Lipinski definition) is 6. The smallest absolute Gasteiger partial charge is 0.119 e. The van der Waals surface area contributed by atoms with Crippen LogP contribution in [0.25, 0.3) is 22.2 Å². The van der Waals surface area contributed by atoms with Crippen molar-refractivity contribution in [1.82, 2.24) is 10.3 Å². The maximum atomic E-state index is 5.77. The fourth-order valence-electron chi connectivity index (χ4n) is 4.02. The summed E-state index contributed by atoms with van der Waals surface area (Å²) in [5.41, 5.74) is 5.43. The van der Waals surface area contributed by atoms with Gasteiger partial charge in [0, 0.05) is 63.2 Å². The monoisotopic (exact) mass is 420 g/mol. The lowest BCUT2D eigenvalue weighted by Gasteiger charge is -2.22. The van der Waals surface area contributed by atoms with Crippen LogP contribution in [0.15, 0.2) is 48.5 Å². The van der Waals surface area contributed by atoms with Crippen molar-refractivity contribution in [1.29, 1.82) is 0 Å². The van der Waals surface area contributed by atoms with Crippen molar-refractivity contribution in [3.8, 4) is 17.0 Å². The highest BCUT2D eigenvalue weighted by molar-refractivity contribution is 5.96. The number of nitrogens with one attached hydrogen (secondary N) is 1. The van der Waals surface area contributed by atoms with E-state index in [1.165, 1.54) is 11.1 Å². The number of benzene rings is 2. The first kappa shape index (κ1) is 21.4. The first-order chi connectivity index (χ1) is 15.1. The Morgan fingerprint density at radius 1 is 1.13 bits per heavy atom. The number of likely N-dealkylation sites (N-methyl/N-ethyl adjacent to an activating group) is 1. The molecule has 1 N–H and O–H groups in total. The Hall–Kier alpha value is -2.83. The molecule has 0 radical (unpaired) electrons. The van der Waals surface area contributed by atoms with Gasteiger partial charge in [-0.2, -0.15) is 0 Å². The summed E-state index contributed by atoms with van der Waals surface area (Å²) in [6.45, 7) is 3.37. The summed E-state index contributed by atoms with van der Waals surface area (Å²) in [6.07, 6.45) is 1.33. The van der Waals surface area contributed by atoms with E-state index in [1.54, 1.807) is 7.11 Å². The molecule has 1 aliphatic rings. The van der Waals surface area contributed by atoms with E-state index in [-0.39, 0.29) is 6.10 Å². The molecule has 2 aromatic carbocycles. The van der Waals surface area contributed by atoms with Gasteiger partial charge >= 0.3 is 0 Å². The average molecular weight is 421 g/mol. The van der Waals surface area contributed by atoms with Crippen LogP contribution in [-0.2, 0) is 4.74 Å². The van der Waals surface area contributed by atoms with Crippen molar-refractivity contribution < 1.29 is 9.47 Å². The number of pyridine rings is 1. The van der Waals surface area contributed by atoms with Crippen LogP contribution < -0.4 is 19.9 Å². The van der Waals surface area contributed by atoms with E-state index in [0.29, 0.717) is 6.61 Å². The summed E-state index contributed by atoms with van der Waals surface area (Å²) < 4.78 is 11.4. The van der Waals surface area contributed by atoms with Gasteiger partial charge in [0.1, 0.15) is 12.4 Å². The number of nitrogens with zero attached hydrogens (tertiary/aromatic N) is 3. The van der Waals surface area contributed by atoms with Crippen LogP contribution in [-0.4, -0.2) is 65.6 Å². The third-order valence-corrected chi connectivity index (χ3v) is 5.88. The highest BCUT2D eigenvalue weighted by Gasteiger charge is 2.24. The molecule has 1 saturated heterocycles. The molecule has 6 nitrogen and oxygen atoms in total. The number of rotatable bonds is 8. The topological polar surface area (TPSA) is 49.9 Å². The fourth-order valence-corrected chi connectivity index (χ4v) is 4.02. The molecular formula is C25H32N4O2. The molecule has 1 fully saturated rings. The Morgan fingerprint density at radius 3 is 2.61 bits per heavy atom. The lowest BCUT2D eigenvalue weighted by Crippen LogP contribution is -2.22. The highest BCUT2D eigenvalue weighted by Crippen LogP contribution is 2.35. The highest BCUT2D eigenvalue weighted by atomic mass is 16.5. The first-order valence-electron chi connectivity index (χ1n) is 10.9. The third-order valence-electron chi connectivity index (χ3n) is 5.88. The molecule has 1 aromatic heterocycles. The Balaban J connectivity index is 1.72. The number of hydrogen-bond donors (Lipinski definition) is 1. The summed E-state index contributed by atoms with van der Waals surface area (Å²) in [5.74, 6) is 0.873. The van der Waals surface area contributed by atoms with Crippen LogP contribution in [0.4, 0.5) is 11.4 Å². The van der Waals surface area contributed by atoms with E-state index in [2.05, 4.69) is 65.6 Å². The number of fused-ring (bicyclic) bond motifs is 1. The quantitative estimate of drug-likeness (QED) is 0.560. The molecule has 6 heteroatoms. The summed E-state index contributed by atoms with van der Waals surface area (Å²) in [6, 6.07) is 16.9. The minimum atomic E-state index is 0.279. The van der Waals surface area contributed by atoms with E-state index in [0.717, 1.165) is 54.3 Å². The zero-order chi connectivity index (χ0) is 21.8. The largest absolute Gasteiger partial charge is 0.492 e. The number of methoxy groups -OCH3 is 1. The van der Waals surface area contributed by atoms with Crippen LogP contribution in [0.3, 0.4) is 0 Å². The molecule has 3 aromatic rings. The molecule has 0 spiro atoms. The summed E-state index contributed by atoms with van der Waals surface area (Å²) in [5, 5.41) is 4.27. The van der Waals surface area contributed by atoms with Crippen molar-refractivity contribution in [3.63, 3.8) is 0 Å². The van der Waals surface area contributed by atoms with Gasteiger partial charge < -0.3 is 24.6 Å². The standard InChI is InChI=1S/C25H32N4O2/c1-26-12-14-31-20-8-5-18(6-9-20)23-16-25(29-13-11-21(17-29)30-4)22-10-7-19(28(2)3)15-24(22)27-23/h5-10,15-16,21,26H,11-14,17H2,1-4H3. The van der Waals surface area contributed by atoms with E-state index in [9.17, 15) is 0 Å². The van der Waals surface area contributed by atoms with Crippen molar-refractivity contribution in [2.24, 2.45) is 0 Å². The van der Waals surface area contributed by atoms with Crippen LogP contribution in [0.2, 0.25) is 0 Å². The molecule has 0 bridgehead atoms. The van der Waals surface area contributed by atoms with Crippen LogP contribution >= 0.6 is 0 Å².